The van der Waals surface area contributed by atoms with Gasteiger partial charge in [-0.15, -0.1) is 0 Å². The fraction of sp³-hybridized carbons (Fsp3) is 0.909. The van der Waals surface area contributed by atoms with Crippen LogP contribution in [0.25, 0.3) is 0 Å². The van der Waals surface area contributed by atoms with E-state index in [4.69, 9.17) is 0 Å². The maximum atomic E-state index is 4.54. The summed E-state index contributed by atoms with van der Waals surface area (Å²) in [5.74, 6) is 0. The zero-order valence-electron chi connectivity index (χ0n) is 8.31. The lowest BCUT2D eigenvalue weighted by Crippen LogP contribution is -1.93. The number of aliphatic imine (C=N–C) groups is 1. The molecule has 0 N–H and O–H groups in total. The molecule has 0 spiro atoms. The Labute approximate surface area is 76.3 Å². The molecular weight excluding hydrogens is 146 g/mol. The van der Waals surface area contributed by atoms with Crippen LogP contribution in [0.3, 0.4) is 0 Å². The minimum absolute atomic E-state index is 1.08. The van der Waals surface area contributed by atoms with Crippen molar-refractivity contribution in [3.05, 3.63) is 0 Å². The van der Waals surface area contributed by atoms with Gasteiger partial charge >= 0.3 is 0 Å². The van der Waals surface area contributed by atoms with E-state index in [1.807, 2.05) is 0 Å². The van der Waals surface area contributed by atoms with Gasteiger partial charge in [-0.2, -0.15) is 0 Å². The van der Waals surface area contributed by atoms with Crippen molar-refractivity contribution in [1.82, 2.24) is 0 Å². The van der Waals surface area contributed by atoms with Crippen LogP contribution in [0.5, 0.6) is 0 Å². The summed E-state index contributed by atoms with van der Waals surface area (Å²) >= 11 is 0. The van der Waals surface area contributed by atoms with Crippen molar-refractivity contribution in [2.24, 2.45) is 4.99 Å². The third-order valence-corrected chi connectivity index (χ3v) is 2.58. The molecule has 1 aliphatic heterocycles. The van der Waals surface area contributed by atoms with E-state index in [1.54, 1.807) is 0 Å². The monoisotopic (exact) mass is 167 g/mol. The normalized spacial score (nSPS) is 22.6. The zero-order valence-corrected chi connectivity index (χ0v) is 8.31. The third-order valence-electron chi connectivity index (χ3n) is 2.58. The van der Waals surface area contributed by atoms with Crippen molar-refractivity contribution in [2.75, 3.05) is 6.54 Å². The summed E-state index contributed by atoms with van der Waals surface area (Å²) in [5, 5.41) is 0. The average Bonchev–Trinajstić information content (AvgIpc) is 2.11. The van der Waals surface area contributed by atoms with Crippen LogP contribution in [0.2, 0.25) is 0 Å². The van der Waals surface area contributed by atoms with Gasteiger partial charge in [0.1, 0.15) is 0 Å². The Morgan fingerprint density at radius 2 is 1.42 bits per heavy atom. The zero-order chi connectivity index (χ0) is 8.65. The second-order valence-corrected chi connectivity index (χ2v) is 3.84. The Kier molecular flexibility index (Phi) is 5.05. The fourth-order valence-corrected chi connectivity index (χ4v) is 1.73. The molecule has 0 atom stereocenters. The molecule has 0 bridgehead atoms. The molecule has 0 aliphatic carbocycles. The smallest absolute Gasteiger partial charge is 0.0388 e. The molecule has 1 rings (SSSR count). The van der Waals surface area contributed by atoms with Crippen LogP contribution >= 0.6 is 0 Å². The van der Waals surface area contributed by atoms with Crippen LogP contribution in [0.4, 0.5) is 0 Å². The van der Waals surface area contributed by atoms with Crippen LogP contribution in [0, 0.1) is 0 Å². The van der Waals surface area contributed by atoms with Gasteiger partial charge in [0.2, 0.25) is 0 Å². The lowest BCUT2D eigenvalue weighted by molar-refractivity contribution is 0.593. The summed E-state index contributed by atoms with van der Waals surface area (Å²) < 4.78 is 0. The average molecular weight is 167 g/mol. The molecule has 0 saturated carbocycles. The molecule has 1 aliphatic rings. The molecule has 70 valence electrons. The van der Waals surface area contributed by atoms with E-state index in [9.17, 15) is 0 Å². The highest BCUT2D eigenvalue weighted by Crippen LogP contribution is 2.10. The first kappa shape index (κ1) is 9.76. The van der Waals surface area contributed by atoms with E-state index < -0.39 is 0 Å². The Bertz CT molecular complexity index is 138. The summed E-state index contributed by atoms with van der Waals surface area (Å²) in [6.45, 7) is 3.25. The maximum absolute atomic E-state index is 4.54. The molecule has 0 saturated heterocycles. The molecule has 0 radical (unpaired) electrons. The second-order valence-electron chi connectivity index (χ2n) is 3.84. The van der Waals surface area contributed by atoms with E-state index in [0.717, 1.165) is 6.54 Å². The van der Waals surface area contributed by atoms with Crippen LogP contribution in [0.1, 0.15) is 58.3 Å². The van der Waals surface area contributed by atoms with Gasteiger partial charge in [0.15, 0.2) is 0 Å². The molecule has 0 aromatic rings. The van der Waals surface area contributed by atoms with E-state index in [2.05, 4.69) is 11.9 Å². The topological polar surface area (TPSA) is 12.4 Å². The van der Waals surface area contributed by atoms with Gasteiger partial charge in [-0.3, -0.25) is 4.99 Å². The van der Waals surface area contributed by atoms with Crippen LogP contribution in [-0.2, 0) is 0 Å². The highest BCUT2D eigenvalue weighted by atomic mass is 14.7. The van der Waals surface area contributed by atoms with Gasteiger partial charge in [-0.05, 0) is 26.2 Å². The second kappa shape index (κ2) is 6.22. The Hall–Kier alpha value is -0.330. The van der Waals surface area contributed by atoms with Gasteiger partial charge in [-0.1, -0.05) is 32.1 Å². The van der Waals surface area contributed by atoms with Gasteiger partial charge in [-0.25, -0.2) is 0 Å². The summed E-state index contributed by atoms with van der Waals surface area (Å²) in [5.41, 5.74) is 1.37. The number of hydrogen-bond acceptors (Lipinski definition) is 1. The van der Waals surface area contributed by atoms with Crippen LogP contribution in [-0.4, -0.2) is 12.3 Å². The Balaban J connectivity index is 2.25. The number of nitrogens with zero attached hydrogens (tertiary/aromatic N) is 1. The molecule has 0 aromatic carbocycles. The molecular formula is C11H21N. The molecule has 0 unspecified atom stereocenters. The van der Waals surface area contributed by atoms with Crippen LogP contribution in [0.15, 0.2) is 4.99 Å². The summed E-state index contributed by atoms with van der Waals surface area (Å²) in [6, 6.07) is 0. The van der Waals surface area contributed by atoms with Gasteiger partial charge in [0.05, 0.1) is 0 Å². The summed E-state index contributed by atoms with van der Waals surface area (Å²) in [7, 11) is 0. The van der Waals surface area contributed by atoms with E-state index in [1.165, 1.54) is 57.1 Å². The first-order valence-electron chi connectivity index (χ1n) is 5.39. The molecule has 1 nitrogen and oxygen atoms in total. The fourth-order valence-electron chi connectivity index (χ4n) is 1.73. The molecule has 0 aromatic heterocycles. The lowest BCUT2D eigenvalue weighted by Gasteiger charge is -1.98. The minimum atomic E-state index is 1.08. The quantitative estimate of drug-likeness (QED) is 0.523. The van der Waals surface area contributed by atoms with Crippen molar-refractivity contribution in [3.63, 3.8) is 0 Å². The van der Waals surface area contributed by atoms with Gasteiger partial charge < -0.3 is 0 Å². The Morgan fingerprint density at radius 3 is 2.17 bits per heavy atom. The Morgan fingerprint density at radius 1 is 0.833 bits per heavy atom. The molecule has 0 fully saturated rings. The van der Waals surface area contributed by atoms with Crippen molar-refractivity contribution in [3.8, 4) is 0 Å². The molecule has 1 heteroatoms. The molecule has 0 amide bonds. The molecule has 1 heterocycles. The van der Waals surface area contributed by atoms with Crippen molar-refractivity contribution >= 4 is 5.71 Å². The minimum Gasteiger partial charge on any atom is -0.294 e. The highest BCUT2D eigenvalue weighted by molar-refractivity contribution is 5.81. The van der Waals surface area contributed by atoms with Crippen molar-refractivity contribution in [2.45, 2.75) is 58.3 Å². The summed E-state index contributed by atoms with van der Waals surface area (Å²) in [6.07, 6.45) is 11.0. The van der Waals surface area contributed by atoms with Crippen molar-refractivity contribution < 1.29 is 0 Å². The number of rotatable bonds is 0. The van der Waals surface area contributed by atoms with E-state index in [-0.39, 0.29) is 0 Å². The van der Waals surface area contributed by atoms with Crippen molar-refractivity contribution in [1.29, 1.82) is 0 Å². The summed E-state index contributed by atoms with van der Waals surface area (Å²) in [4.78, 5) is 4.54. The molecule has 12 heavy (non-hydrogen) atoms. The SMILES string of the molecule is CC1=NCCCCCCCCC1. The van der Waals surface area contributed by atoms with Gasteiger partial charge in [0, 0.05) is 12.3 Å². The van der Waals surface area contributed by atoms with Gasteiger partial charge in [0.25, 0.3) is 0 Å². The highest BCUT2D eigenvalue weighted by Gasteiger charge is 1.96. The predicted octanol–water partition coefficient (Wildman–Crippen LogP) is 3.58. The number of hydrogen-bond donors (Lipinski definition) is 0. The first-order valence-corrected chi connectivity index (χ1v) is 5.39. The standard InChI is InChI=1S/C11H21N/c1-11-9-7-5-3-2-4-6-8-10-12-11/h2-10H2,1H3. The third kappa shape index (κ3) is 4.53. The lowest BCUT2D eigenvalue weighted by atomic mass is 10.1. The van der Waals surface area contributed by atoms with E-state index in [0.29, 0.717) is 0 Å². The van der Waals surface area contributed by atoms with Crippen LogP contribution < -0.4 is 0 Å². The first-order chi connectivity index (χ1) is 5.89. The maximum Gasteiger partial charge on any atom is 0.0388 e. The predicted molar refractivity (Wildman–Crippen MR) is 54.9 cm³/mol. The van der Waals surface area contributed by atoms with E-state index >= 15 is 0 Å². The largest absolute Gasteiger partial charge is 0.294 e.